The third kappa shape index (κ3) is 3.52. The summed E-state index contributed by atoms with van der Waals surface area (Å²) in [7, 11) is 3.93. The molecule has 54 heavy (non-hydrogen) atoms. The van der Waals surface area contributed by atoms with E-state index in [1.54, 1.807) is 0 Å². The highest BCUT2D eigenvalue weighted by molar-refractivity contribution is 6.44. The summed E-state index contributed by atoms with van der Waals surface area (Å²) in [6.07, 6.45) is 0.975. The smallest absolute Gasteiger partial charge is 0.259 e. The Morgan fingerprint density at radius 1 is 0.593 bits per heavy atom. The summed E-state index contributed by atoms with van der Waals surface area (Å²) < 4.78 is 2.12. The maximum absolute atomic E-state index is 14.3. The van der Waals surface area contributed by atoms with Crippen LogP contribution in [0.2, 0.25) is 0 Å². The Bertz CT molecular complexity index is 3400. The van der Waals surface area contributed by atoms with Crippen LogP contribution in [0.4, 0.5) is 11.4 Å². The quantitative estimate of drug-likeness (QED) is 0.113. The number of benzene rings is 10. The average Bonchev–Trinajstić information content (AvgIpc) is 3.56. The molecule has 254 valence electrons. The summed E-state index contributed by atoms with van der Waals surface area (Å²) in [5, 5.41) is 19.1. The largest absolute Gasteiger partial charge is 0.386 e. The molecule has 12 rings (SSSR count). The van der Waals surface area contributed by atoms with Gasteiger partial charge in [-0.15, -0.1) is 0 Å². The molecule has 0 saturated heterocycles. The lowest BCUT2D eigenvalue weighted by molar-refractivity contribution is 0.0984. The second-order valence-electron chi connectivity index (χ2n) is 14.6. The molecule has 0 spiro atoms. The Balaban J connectivity index is 1.15. The Labute approximate surface area is 308 Å². The van der Waals surface area contributed by atoms with E-state index >= 15 is 0 Å². The fourth-order valence-corrected chi connectivity index (χ4v) is 9.86. The molecule has 6 nitrogen and oxygen atoms in total. The first-order valence-electron chi connectivity index (χ1n) is 18.3. The number of aromatic nitrogens is 2. The number of carbonyl (C=O) groups is 2. The van der Waals surface area contributed by atoms with Crippen LogP contribution in [0.5, 0.6) is 0 Å². The van der Waals surface area contributed by atoms with E-state index in [0.717, 1.165) is 105 Å². The fraction of sp³-hybridized carbons (Fsp3) is 0.0625. The van der Waals surface area contributed by atoms with Crippen molar-refractivity contribution in [3.63, 3.8) is 0 Å². The summed E-state index contributed by atoms with van der Waals surface area (Å²) in [5.74, 6) is 0.853. The second-order valence-corrected chi connectivity index (χ2v) is 14.6. The number of nitrogens with zero attached hydrogens (tertiary/aromatic N) is 3. The SMILES string of the molecule is CNc1ccccc1N1Cc2ccc3c4ccc5c6ccc(-c7nc8ccccc8n7C)c7c(C=O)ccc(c8ccc(c9ccc(c2c93)C1=O)c4c85)c76. The van der Waals surface area contributed by atoms with E-state index in [1.807, 2.05) is 73.6 Å². The molecule has 1 aromatic heterocycles. The van der Waals surface area contributed by atoms with Crippen LogP contribution in [0.1, 0.15) is 26.3 Å². The van der Waals surface area contributed by atoms with Crippen LogP contribution in [0, 0.1) is 0 Å². The first-order valence-corrected chi connectivity index (χ1v) is 18.3. The van der Waals surface area contributed by atoms with Crippen LogP contribution < -0.4 is 10.2 Å². The van der Waals surface area contributed by atoms with E-state index in [0.29, 0.717) is 12.1 Å². The molecule has 0 unspecified atom stereocenters. The molecule has 2 heterocycles. The van der Waals surface area contributed by atoms with Crippen molar-refractivity contribution in [3.8, 4) is 11.4 Å². The van der Waals surface area contributed by atoms with Crippen molar-refractivity contribution in [3.05, 3.63) is 138 Å². The van der Waals surface area contributed by atoms with Gasteiger partial charge in [-0.1, -0.05) is 84.9 Å². The number of carbonyl (C=O) groups excluding carboxylic acids is 2. The minimum atomic E-state index is 0.0161. The summed E-state index contributed by atoms with van der Waals surface area (Å²) in [6, 6.07) is 42.3. The lowest BCUT2D eigenvalue weighted by Gasteiger charge is -2.31. The summed E-state index contributed by atoms with van der Waals surface area (Å²) in [5.41, 5.74) is 7.26. The predicted octanol–water partition coefficient (Wildman–Crippen LogP) is 11.2. The molecule has 1 N–H and O–H groups in total. The Kier molecular flexibility index (Phi) is 5.63. The van der Waals surface area contributed by atoms with Gasteiger partial charge in [0.1, 0.15) is 5.82 Å². The van der Waals surface area contributed by atoms with Gasteiger partial charge in [-0.3, -0.25) is 9.59 Å². The van der Waals surface area contributed by atoms with Crippen molar-refractivity contribution >= 4 is 110 Å². The van der Waals surface area contributed by atoms with Crippen molar-refractivity contribution < 1.29 is 9.59 Å². The van der Waals surface area contributed by atoms with Crippen molar-refractivity contribution in [1.29, 1.82) is 0 Å². The van der Waals surface area contributed by atoms with E-state index in [-0.39, 0.29) is 5.91 Å². The highest BCUT2D eigenvalue weighted by atomic mass is 16.2. The zero-order chi connectivity index (χ0) is 36.0. The summed E-state index contributed by atoms with van der Waals surface area (Å²) >= 11 is 0. The Hall–Kier alpha value is -7.05. The minimum absolute atomic E-state index is 0.0161. The maximum atomic E-state index is 14.3. The van der Waals surface area contributed by atoms with Gasteiger partial charge in [0.2, 0.25) is 0 Å². The van der Waals surface area contributed by atoms with Gasteiger partial charge in [0, 0.05) is 41.6 Å². The number of aldehydes is 1. The lowest BCUT2D eigenvalue weighted by Crippen LogP contribution is -2.34. The number of imidazole rings is 1. The topological polar surface area (TPSA) is 67.2 Å². The molecule has 11 aromatic rings. The molecule has 1 aliphatic heterocycles. The first kappa shape index (κ1) is 29.5. The van der Waals surface area contributed by atoms with Crippen LogP contribution >= 0.6 is 0 Å². The van der Waals surface area contributed by atoms with Crippen LogP contribution in [0.15, 0.2) is 121 Å². The highest BCUT2D eigenvalue weighted by Gasteiger charge is 2.31. The monoisotopic (exact) mass is 694 g/mol. The molecule has 0 bridgehead atoms. The molecule has 6 heteroatoms. The molecule has 1 amide bonds. The van der Waals surface area contributed by atoms with Gasteiger partial charge in [0.25, 0.3) is 5.91 Å². The zero-order valence-corrected chi connectivity index (χ0v) is 29.5. The Morgan fingerprint density at radius 3 is 1.78 bits per heavy atom. The molecule has 0 aliphatic carbocycles. The molecule has 1 aliphatic rings. The molecule has 0 radical (unpaired) electrons. The van der Waals surface area contributed by atoms with Gasteiger partial charge in [-0.2, -0.15) is 0 Å². The van der Waals surface area contributed by atoms with E-state index in [9.17, 15) is 9.59 Å². The molecular weight excluding hydrogens is 665 g/mol. The zero-order valence-electron chi connectivity index (χ0n) is 29.5. The van der Waals surface area contributed by atoms with Gasteiger partial charge >= 0.3 is 0 Å². The van der Waals surface area contributed by atoms with Crippen molar-refractivity contribution in [2.24, 2.45) is 7.05 Å². The third-order valence-corrected chi connectivity index (χ3v) is 12.2. The van der Waals surface area contributed by atoms with Gasteiger partial charge in [-0.25, -0.2) is 4.98 Å². The van der Waals surface area contributed by atoms with Gasteiger partial charge in [0.15, 0.2) is 6.29 Å². The minimum Gasteiger partial charge on any atom is -0.386 e. The predicted molar refractivity (Wildman–Crippen MR) is 223 cm³/mol. The number of aryl methyl sites for hydroxylation is 1. The maximum Gasteiger partial charge on any atom is 0.259 e. The van der Waals surface area contributed by atoms with Crippen molar-refractivity contribution in [1.82, 2.24) is 9.55 Å². The van der Waals surface area contributed by atoms with Gasteiger partial charge in [0.05, 0.1) is 29.0 Å². The summed E-state index contributed by atoms with van der Waals surface area (Å²) in [4.78, 5) is 33.9. The number of hydrogen-bond donors (Lipinski definition) is 1. The van der Waals surface area contributed by atoms with E-state index in [2.05, 4.69) is 76.6 Å². The third-order valence-electron chi connectivity index (χ3n) is 12.2. The second kappa shape index (κ2) is 10.3. The van der Waals surface area contributed by atoms with Gasteiger partial charge < -0.3 is 14.8 Å². The number of rotatable bonds is 4. The number of nitrogens with one attached hydrogen (secondary N) is 1. The van der Waals surface area contributed by atoms with E-state index in [1.165, 1.54) is 21.5 Å². The normalized spacial score (nSPS) is 13.4. The van der Waals surface area contributed by atoms with Crippen LogP contribution in [-0.2, 0) is 13.6 Å². The van der Waals surface area contributed by atoms with E-state index < -0.39 is 0 Å². The number of anilines is 2. The average molecular weight is 695 g/mol. The lowest BCUT2D eigenvalue weighted by atomic mass is 9.81. The van der Waals surface area contributed by atoms with Crippen LogP contribution in [0.3, 0.4) is 0 Å². The number of fused-ring (bicyclic) bond motifs is 5. The first-order chi connectivity index (χ1) is 26.6. The Morgan fingerprint density at radius 2 is 1.13 bits per heavy atom. The van der Waals surface area contributed by atoms with Crippen LogP contribution in [0.25, 0.3) is 97.8 Å². The summed E-state index contributed by atoms with van der Waals surface area (Å²) in [6.45, 7) is 0.505. The molecule has 0 atom stereocenters. The van der Waals surface area contributed by atoms with Gasteiger partial charge in [-0.05, 0) is 107 Å². The fourth-order valence-electron chi connectivity index (χ4n) is 9.86. The van der Waals surface area contributed by atoms with Crippen molar-refractivity contribution in [2.75, 3.05) is 17.3 Å². The molecule has 10 aromatic carbocycles. The van der Waals surface area contributed by atoms with E-state index in [4.69, 9.17) is 4.98 Å². The highest BCUT2D eigenvalue weighted by Crippen LogP contribution is 2.50. The van der Waals surface area contributed by atoms with Crippen LogP contribution in [-0.4, -0.2) is 28.8 Å². The van der Waals surface area contributed by atoms with Crippen molar-refractivity contribution in [2.45, 2.75) is 6.54 Å². The number of amides is 1. The number of hydrogen-bond acceptors (Lipinski definition) is 4. The number of para-hydroxylation sites is 4. The molecular formula is C48H30N4O2. The molecule has 0 saturated carbocycles. The molecule has 0 fully saturated rings. The standard InChI is InChI=1S/C48H30N4O2/c1-49-37-7-3-6-10-40(37)52-23-25-11-13-27-31-15-17-33-29-19-21-35(47-50-38-8-4-5-9-39(38)51(47)2)42-26(24-53)12-14-28(44(29)42)32-16-18-34(45(31)46(32)33)30-20-22-36(48(52)54)41(25)43(27)30/h3-22,24,49H,23H2,1-2H3.